The molecule has 1 heterocycles. The molecule has 1 aliphatic heterocycles. The lowest BCUT2D eigenvalue weighted by Gasteiger charge is -2.19. The molecule has 0 amide bonds. The van der Waals surface area contributed by atoms with Crippen molar-refractivity contribution in [2.75, 3.05) is 20.1 Å². The molecular weight excluding hydrogens is 149 g/mol. The van der Waals surface area contributed by atoms with Crippen LogP contribution >= 0.6 is 0 Å². The van der Waals surface area contributed by atoms with Crippen LogP contribution in [0.1, 0.15) is 6.92 Å². The molecule has 0 saturated carbocycles. The zero-order chi connectivity index (χ0) is 8.65. The number of hydrogen-bond acceptors (Lipinski definition) is 2. The van der Waals surface area contributed by atoms with Crippen LogP contribution in [0.5, 0.6) is 0 Å². The lowest BCUT2D eigenvalue weighted by Crippen LogP contribution is -2.36. The smallest absolute Gasteiger partial charge is 0.313 e. The summed E-state index contributed by atoms with van der Waals surface area (Å²) in [6.45, 7) is 1.97. The minimum atomic E-state index is -1.25. The van der Waals surface area contributed by atoms with Gasteiger partial charge in [-0.15, -0.1) is 0 Å². The fraction of sp³-hybridized carbons (Fsp3) is 0.857. The lowest BCUT2D eigenvalue weighted by atomic mass is 9.88. The van der Waals surface area contributed by atoms with Gasteiger partial charge in [0.15, 0.2) is 0 Å². The van der Waals surface area contributed by atoms with Gasteiger partial charge in [0.25, 0.3) is 0 Å². The second-order valence-corrected chi connectivity index (χ2v) is 3.39. The minimum absolute atomic E-state index is 0.225. The van der Waals surface area contributed by atoms with E-state index in [1.54, 1.807) is 11.9 Å². The first-order chi connectivity index (χ1) is 4.97. The molecule has 1 fully saturated rings. The Bertz CT molecular complexity index is 185. The molecule has 1 saturated heterocycles. The van der Waals surface area contributed by atoms with Gasteiger partial charge < -0.3 is 10.0 Å². The predicted molar refractivity (Wildman–Crippen MR) is 38.1 cm³/mol. The second-order valence-electron chi connectivity index (χ2n) is 3.39. The van der Waals surface area contributed by atoms with E-state index >= 15 is 0 Å². The summed E-state index contributed by atoms with van der Waals surface area (Å²) in [6, 6.07) is 0. The quantitative estimate of drug-likeness (QED) is 0.603. The maximum Gasteiger partial charge on any atom is 0.313 e. The number of rotatable bonds is 1. The van der Waals surface area contributed by atoms with E-state index in [2.05, 4.69) is 0 Å². The van der Waals surface area contributed by atoms with Crippen molar-refractivity contribution in [3.8, 4) is 0 Å². The third-order valence-corrected chi connectivity index (χ3v) is 2.25. The van der Waals surface area contributed by atoms with Crippen molar-refractivity contribution in [1.29, 1.82) is 0 Å². The Hall–Kier alpha value is -0.640. The highest BCUT2D eigenvalue weighted by molar-refractivity contribution is 5.75. The first-order valence-electron chi connectivity index (χ1n) is 3.53. The largest absolute Gasteiger partial charge is 0.481 e. The van der Waals surface area contributed by atoms with E-state index in [1.807, 2.05) is 0 Å². The normalized spacial score (nSPS) is 39.4. The fourth-order valence-corrected chi connectivity index (χ4v) is 1.40. The molecule has 0 aromatic rings. The number of hydrogen-bond donors (Lipinski definition) is 1. The minimum Gasteiger partial charge on any atom is -0.481 e. The van der Waals surface area contributed by atoms with Crippen molar-refractivity contribution >= 4 is 5.97 Å². The summed E-state index contributed by atoms with van der Waals surface area (Å²) in [6.07, 6.45) is -1.25. The van der Waals surface area contributed by atoms with E-state index in [4.69, 9.17) is 5.11 Å². The Morgan fingerprint density at radius 3 is 2.55 bits per heavy atom. The Morgan fingerprint density at radius 1 is 1.82 bits per heavy atom. The van der Waals surface area contributed by atoms with Gasteiger partial charge in [0, 0.05) is 13.1 Å². The molecule has 1 rings (SSSR count). The number of halogens is 1. The number of nitrogens with zero attached hydrogens (tertiary/aromatic N) is 1. The Labute approximate surface area is 64.8 Å². The molecule has 3 nitrogen and oxygen atoms in total. The zero-order valence-electron chi connectivity index (χ0n) is 6.67. The van der Waals surface area contributed by atoms with Gasteiger partial charge in [-0.2, -0.15) is 0 Å². The fourth-order valence-electron chi connectivity index (χ4n) is 1.40. The van der Waals surface area contributed by atoms with Crippen LogP contribution < -0.4 is 0 Å². The molecule has 64 valence electrons. The average molecular weight is 161 g/mol. The third kappa shape index (κ3) is 1.22. The van der Waals surface area contributed by atoms with Gasteiger partial charge in [-0.25, -0.2) is 4.39 Å². The number of carboxylic acid groups (broad SMARTS) is 1. The van der Waals surface area contributed by atoms with Gasteiger partial charge >= 0.3 is 5.97 Å². The standard InChI is InChI=1S/C7H12FNO2/c1-7(6(10)11)4-9(2)3-5(7)8/h5H,3-4H2,1-2H3,(H,10,11)/t5?,7-/m1/s1. The number of aliphatic carboxylic acids is 1. The maximum absolute atomic E-state index is 13.1. The topological polar surface area (TPSA) is 40.5 Å². The van der Waals surface area contributed by atoms with E-state index < -0.39 is 17.6 Å². The van der Waals surface area contributed by atoms with Crippen LogP contribution in [0, 0.1) is 5.41 Å². The van der Waals surface area contributed by atoms with Crippen LogP contribution in [0.15, 0.2) is 0 Å². The highest BCUT2D eigenvalue weighted by Crippen LogP contribution is 2.31. The highest BCUT2D eigenvalue weighted by atomic mass is 19.1. The Morgan fingerprint density at radius 2 is 2.36 bits per heavy atom. The maximum atomic E-state index is 13.1. The molecule has 2 atom stereocenters. The molecule has 1 N–H and O–H groups in total. The van der Waals surface area contributed by atoms with E-state index in [0.29, 0.717) is 6.54 Å². The van der Waals surface area contributed by atoms with Crippen LogP contribution in [0.4, 0.5) is 4.39 Å². The van der Waals surface area contributed by atoms with Gasteiger partial charge in [0.2, 0.25) is 0 Å². The average Bonchev–Trinajstić information content (AvgIpc) is 2.08. The first-order valence-corrected chi connectivity index (χ1v) is 3.53. The van der Waals surface area contributed by atoms with Gasteiger partial charge in [-0.05, 0) is 14.0 Å². The van der Waals surface area contributed by atoms with Crippen LogP contribution in [-0.2, 0) is 4.79 Å². The summed E-state index contributed by atoms with van der Waals surface area (Å²) in [7, 11) is 1.72. The third-order valence-electron chi connectivity index (χ3n) is 2.25. The van der Waals surface area contributed by atoms with E-state index in [1.165, 1.54) is 6.92 Å². The van der Waals surface area contributed by atoms with Crippen molar-refractivity contribution in [3.63, 3.8) is 0 Å². The predicted octanol–water partition coefficient (Wildman–Crippen LogP) is 0.361. The SMILES string of the molecule is CN1CC(F)[C@](C)(C(=O)O)C1. The summed E-state index contributed by atoms with van der Waals surface area (Å²) in [5.74, 6) is -1.05. The summed E-state index contributed by atoms with van der Waals surface area (Å²) in [4.78, 5) is 12.3. The number of carbonyl (C=O) groups is 1. The van der Waals surface area contributed by atoms with Crippen LogP contribution in [-0.4, -0.2) is 42.3 Å². The Balaban J connectivity index is 2.79. The summed E-state index contributed by atoms with van der Waals surface area (Å²) in [5.41, 5.74) is -1.20. The molecule has 11 heavy (non-hydrogen) atoms. The summed E-state index contributed by atoms with van der Waals surface area (Å²) in [5, 5.41) is 8.69. The molecule has 0 bridgehead atoms. The van der Waals surface area contributed by atoms with Gasteiger partial charge in [0.1, 0.15) is 11.6 Å². The van der Waals surface area contributed by atoms with Crippen LogP contribution in [0.25, 0.3) is 0 Å². The van der Waals surface area contributed by atoms with Crippen molar-refractivity contribution in [2.24, 2.45) is 5.41 Å². The second kappa shape index (κ2) is 2.44. The molecule has 4 heteroatoms. The molecule has 1 unspecified atom stereocenters. The highest BCUT2D eigenvalue weighted by Gasteiger charge is 2.48. The van der Waals surface area contributed by atoms with Crippen molar-refractivity contribution in [1.82, 2.24) is 4.90 Å². The zero-order valence-corrected chi connectivity index (χ0v) is 6.67. The number of alkyl halides is 1. The molecule has 1 aliphatic rings. The summed E-state index contributed by atoms with van der Waals surface area (Å²) < 4.78 is 13.1. The van der Waals surface area contributed by atoms with Crippen molar-refractivity contribution < 1.29 is 14.3 Å². The van der Waals surface area contributed by atoms with Gasteiger partial charge in [-0.1, -0.05) is 0 Å². The van der Waals surface area contributed by atoms with E-state index in [0.717, 1.165) is 0 Å². The number of likely N-dealkylation sites (tertiary alicyclic amines) is 1. The van der Waals surface area contributed by atoms with Gasteiger partial charge in [0.05, 0.1) is 0 Å². The van der Waals surface area contributed by atoms with Crippen molar-refractivity contribution in [2.45, 2.75) is 13.1 Å². The van der Waals surface area contributed by atoms with Crippen molar-refractivity contribution in [3.05, 3.63) is 0 Å². The van der Waals surface area contributed by atoms with E-state index in [9.17, 15) is 9.18 Å². The van der Waals surface area contributed by atoms with E-state index in [-0.39, 0.29) is 6.54 Å². The first kappa shape index (κ1) is 8.46. The monoisotopic (exact) mass is 161 g/mol. The molecular formula is C7H12FNO2. The molecule has 0 aromatic heterocycles. The molecule has 0 aromatic carbocycles. The number of carboxylic acids is 1. The van der Waals surface area contributed by atoms with Gasteiger partial charge in [-0.3, -0.25) is 4.79 Å². The molecule has 0 spiro atoms. The molecule has 0 aliphatic carbocycles. The molecule has 0 radical (unpaired) electrons. The Kier molecular flexibility index (Phi) is 1.88. The lowest BCUT2D eigenvalue weighted by molar-refractivity contribution is -0.149. The van der Waals surface area contributed by atoms with Crippen LogP contribution in [0.2, 0.25) is 0 Å². The summed E-state index contributed by atoms with van der Waals surface area (Å²) >= 11 is 0. The van der Waals surface area contributed by atoms with Crippen LogP contribution in [0.3, 0.4) is 0 Å².